The van der Waals surface area contributed by atoms with Crippen molar-refractivity contribution in [2.24, 2.45) is 0 Å². The normalized spacial score (nSPS) is 15.9. The molecule has 1 amide bonds. The molecule has 1 N–H and O–H groups in total. The van der Waals surface area contributed by atoms with Gasteiger partial charge >= 0.3 is 0 Å². The highest BCUT2D eigenvalue weighted by Crippen LogP contribution is 2.22. The van der Waals surface area contributed by atoms with Gasteiger partial charge in [0.25, 0.3) is 5.91 Å². The summed E-state index contributed by atoms with van der Waals surface area (Å²) >= 11 is 1.62. The van der Waals surface area contributed by atoms with E-state index in [1.807, 2.05) is 18.4 Å². The maximum Gasteiger partial charge on any atom is 0.255 e. The van der Waals surface area contributed by atoms with Crippen molar-refractivity contribution in [2.75, 3.05) is 24.7 Å². The van der Waals surface area contributed by atoms with Gasteiger partial charge in [-0.15, -0.1) is 11.8 Å². The van der Waals surface area contributed by atoms with Crippen LogP contribution in [0.15, 0.2) is 58.3 Å². The fraction of sp³-hybridized carbons (Fsp3) is 0.350. The summed E-state index contributed by atoms with van der Waals surface area (Å²) in [7, 11) is -3.47. The molecule has 2 aromatic rings. The zero-order chi connectivity index (χ0) is 19.3. The van der Waals surface area contributed by atoms with Gasteiger partial charge in [0.05, 0.1) is 4.90 Å². The fourth-order valence-electron chi connectivity index (χ4n) is 3.09. The van der Waals surface area contributed by atoms with Gasteiger partial charge in [-0.1, -0.05) is 12.8 Å². The number of carbonyl (C=O) groups is 1. The molecule has 0 saturated carbocycles. The Labute approximate surface area is 165 Å². The molecule has 144 valence electrons. The average molecular weight is 405 g/mol. The number of hydrogen-bond donors (Lipinski definition) is 1. The van der Waals surface area contributed by atoms with Crippen molar-refractivity contribution < 1.29 is 13.2 Å². The highest BCUT2D eigenvalue weighted by atomic mass is 32.2. The lowest BCUT2D eigenvalue weighted by atomic mass is 10.2. The predicted molar refractivity (Wildman–Crippen MR) is 110 cm³/mol. The Balaban J connectivity index is 1.69. The Kier molecular flexibility index (Phi) is 6.57. The van der Waals surface area contributed by atoms with Crippen molar-refractivity contribution in [3.8, 4) is 0 Å². The van der Waals surface area contributed by atoms with Crippen LogP contribution in [0.4, 0.5) is 5.69 Å². The number of thioether (sulfide) groups is 1. The fourth-order valence-corrected chi connectivity index (χ4v) is 5.01. The lowest BCUT2D eigenvalue weighted by Crippen LogP contribution is -2.31. The van der Waals surface area contributed by atoms with Crippen LogP contribution < -0.4 is 5.32 Å². The largest absolute Gasteiger partial charge is 0.322 e. The number of benzene rings is 2. The molecule has 7 heteroatoms. The van der Waals surface area contributed by atoms with E-state index in [-0.39, 0.29) is 10.8 Å². The van der Waals surface area contributed by atoms with E-state index in [2.05, 4.69) is 5.32 Å². The number of rotatable bonds is 5. The predicted octanol–water partition coefficient (Wildman–Crippen LogP) is 4.23. The summed E-state index contributed by atoms with van der Waals surface area (Å²) in [6.07, 6.45) is 5.95. The van der Waals surface area contributed by atoms with Crippen LogP contribution in [0.3, 0.4) is 0 Å². The lowest BCUT2D eigenvalue weighted by molar-refractivity contribution is 0.102. The Morgan fingerprint density at radius 1 is 0.926 bits per heavy atom. The Morgan fingerprint density at radius 3 is 2.07 bits per heavy atom. The number of amides is 1. The van der Waals surface area contributed by atoms with E-state index in [0.717, 1.165) is 30.6 Å². The van der Waals surface area contributed by atoms with Gasteiger partial charge in [0, 0.05) is 29.2 Å². The zero-order valence-corrected chi connectivity index (χ0v) is 17.0. The van der Waals surface area contributed by atoms with E-state index in [9.17, 15) is 13.2 Å². The summed E-state index contributed by atoms with van der Waals surface area (Å²) in [6, 6.07) is 13.8. The molecule has 0 bridgehead atoms. The van der Waals surface area contributed by atoms with Crippen LogP contribution >= 0.6 is 11.8 Å². The molecule has 1 aliphatic rings. The van der Waals surface area contributed by atoms with Crippen LogP contribution in [0.5, 0.6) is 0 Å². The summed E-state index contributed by atoms with van der Waals surface area (Å²) in [4.78, 5) is 13.7. The van der Waals surface area contributed by atoms with Gasteiger partial charge in [-0.25, -0.2) is 8.42 Å². The molecule has 27 heavy (non-hydrogen) atoms. The molecule has 0 spiro atoms. The average Bonchev–Trinajstić information content (AvgIpc) is 2.98. The van der Waals surface area contributed by atoms with Gasteiger partial charge < -0.3 is 5.32 Å². The molecular weight excluding hydrogens is 380 g/mol. The van der Waals surface area contributed by atoms with Gasteiger partial charge in [-0.3, -0.25) is 4.79 Å². The third-order valence-corrected chi connectivity index (χ3v) is 7.32. The Hall–Kier alpha value is -1.83. The quantitative estimate of drug-likeness (QED) is 0.758. The standard InChI is InChI=1S/C20H24N2O3S2/c1-26-18-10-6-16(7-11-18)20(23)21-17-8-12-19(13-9-17)27(24,25)22-14-4-2-3-5-15-22/h6-13H,2-5,14-15H2,1H3,(H,21,23). The first-order valence-electron chi connectivity index (χ1n) is 9.06. The third kappa shape index (κ3) is 4.91. The van der Waals surface area contributed by atoms with Crippen LogP contribution in [0.2, 0.25) is 0 Å². The second-order valence-corrected chi connectivity index (χ2v) is 9.34. The number of anilines is 1. The summed E-state index contributed by atoms with van der Waals surface area (Å²) in [5.41, 5.74) is 1.14. The van der Waals surface area contributed by atoms with Crippen molar-refractivity contribution >= 4 is 33.4 Å². The second-order valence-electron chi connectivity index (χ2n) is 6.53. The van der Waals surface area contributed by atoms with Gasteiger partial charge in [-0.2, -0.15) is 4.31 Å². The van der Waals surface area contributed by atoms with Crippen LogP contribution in [0, 0.1) is 0 Å². The maximum absolute atomic E-state index is 12.8. The summed E-state index contributed by atoms with van der Waals surface area (Å²) < 4.78 is 27.2. The van der Waals surface area contributed by atoms with E-state index in [0.29, 0.717) is 24.3 Å². The van der Waals surface area contributed by atoms with Crippen LogP contribution in [0.1, 0.15) is 36.0 Å². The van der Waals surface area contributed by atoms with Gasteiger partial charge in [-0.05, 0) is 67.6 Å². The van der Waals surface area contributed by atoms with E-state index in [1.165, 1.54) is 0 Å². The minimum atomic E-state index is -3.47. The minimum Gasteiger partial charge on any atom is -0.322 e. The number of hydrogen-bond acceptors (Lipinski definition) is 4. The zero-order valence-electron chi connectivity index (χ0n) is 15.3. The minimum absolute atomic E-state index is 0.217. The Morgan fingerprint density at radius 2 is 1.52 bits per heavy atom. The van der Waals surface area contributed by atoms with Crippen LogP contribution in [-0.4, -0.2) is 38.0 Å². The molecule has 1 heterocycles. The number of carbonyl (C=O) groups excluding carboxylic acids is 1. The van der Waals surface area contributed by atoms with E-state index in [4.69, 9.17) is 0 Å². The maximum atomic E-state index is 12.8. The molecular formula is C20H24N2O3S2. The molecule has 0 atom stereocenters. The first-order chi connectivity index (χ1) is 13.0. The van der Waals surface area contributed by atoms with Crippen molar-refractivity contribution in [3.05, 3.63) is 54.1 Å². The summed E-state index contributed by atoms with van der Waals surface area (Å²) in [5.74, 6) is -0.217. The summed E-state index contributed by atoms with van der Waals surface area (Å²) in [5, 5.41) is 2.81. The highest BCUT2D eigenvalue weighted by Gasteiger charge is 2.25. The molecule has 2 aromatic carbocycles. The first kappa shape index (κ1) is 19.9. The first-order valence-corrected chi connectivity index (χ1v) is 11.7. The molecule has 1 saturated heterocycles. The molecule has 1 fully saturated rings. The summed E-state index contributed by atoms with van der Waals surface area (Å²) in [6.45, 7) is 1.15. The molecule has 0 unspecified atom stereocenters. The molecule has 5 nitrogen and oxygen atoms in total. The van der Waals surface area contributed by atoms with Crippen LogP contribution in [0.25, 0.3) is 0 Å². The van der Waals surface area contributed by atoms with E-state index >= 15 is 0 Å². The van der Waals surface area contributed by atoms with Crippen LogP contribution in [-0.2, 0) is 10.0 Å². The number of sulfonamides is 1. The van der Waals surface area contributed by atoms with E-state index in [1.54, 1.807) is 52.5 Å². The molecule has 3 rings (SSSR count). The van der Waals surface area contributed by atoms with Gasteiger partial charge in [0.1, 0.15) is 0 Å². The van der Waals surface area contributed by atoms with Gasteiger partial charge in [0.15, 0.2) is 0 Å². The van der Waals surface area contributed by atoms with Crippen molar-refractivity contribution in [3.63, 3.8) is 0 Å². The number of nitrogens with zero attached hydrogens (tertiary/aromatic N) is 1. The van der Waals surface area contributed by atoms with Crippen molar-refractivity contribution in [1.29, 1.82) is 0 Å². The smallest absolute Gasteiger partial charge is 0.255 e. The molecule has 0 aromatic heterocycles. The van der Waals surface area contributed by atoms with Crippen molar-refractivity contribution in [1.82, 2.24) is 4.31 Å². The topological polar surface area (TPSA) is 66.5 Å². The number of nitrogens with one attached hydrogen (secondary N) is 1. The second kappa shape index (κ2) is 8.91. The van der Waals surface area contributed by atoms with Gasteiger partial charge in [0.2, 0.25) is 10.0 Å². The van der Waals surface area contributed by atoms with E-state index < -0.39 is 10.0 Å². The Bertz CT molecular complexity index is 870. The molecule has 0 radical (unpaired) electrons. The monoisotopic (exact) mass is 404 g/mol. The molecule has 0 aliphatic carbocycles. The SMILES string of the molecule is CSc1ccc(C(=O)Nc2ccc(S(=O)(=O)N3CCCCCC3)cc2)cc1. The highest BCUT2D eigenvalue weighted by molar-refractivity contribution is 7.98. The molecule has 1 aliphatic heterocycles. The lowest BCUT2D eigenvalue weighted by Gasteiger charge is -2.20. The van der Waals surface area contributed by atoms with Crippen molar-refractivity contribution in [2.45, 2.75) is 35.5 Å². The third-order valence-electron chi connectivity index (χ3n) is 4.67.